The molecule has 1 amide bonds. The first-order chi connectivity index (χ1) is 15.3. The highest BCUT2D eigenvalue weighted by atomic mass is 79.9. The minimum Gasteiger partial charge on any atom is -0.487 e. The normalized spacial score (nSPS) is 11.1. The number of carbonyl (C=O) groups is 1. The number of rotatable bonds is 6. The zero-order chi connectivity index (χ0) is 23.3. The zero-order valence-electron chi connectivity index (χ0n) is 16.8. The molecule has 8 heteroatoms. The van der Waals surface area contributed by atoms with E-state index in [0.29, 0.717) is 42.6 Å². The third kappa shape index (κ3) is 6.36. The maximum atomic E-state index is 12.6. The van der Waals surface area contributed by atoms with E-state index in [4.69, 9.17) is 27.9 Å². The molecule has 162 valence electrons. The van der Waals surface area contributed by atoms with Gasteiger partial charge in [-0.3, -0.25) is 4.79 Å². The minimum absolute atomic E-state index is 0.0460. The van der Waals surface area contributed by atoms with Gasteiger partial charge in [0, 0.05) is 15.7 Å². The van der Waals surface area contributed by atoms with E-state index in [1.54, 1.807) is 42.5 Å². The minimum atomic E-state index is -0.525. The van der Waals surface area contributed by atoms with Crippen LogP contribution in [-0.2, 0) is 11.4 Å². The Labute approximate surface area is 213 Å². The number of ether oxygens (including phenoxy) is 1. The van der Waals surface area contributed by atoms with Crippen LogP contribution in [0.5, 0.6) is 5.75 Å². The average molecular weight is 595 g/mol. The van der Waals surface area contributed by atoms with Gasteiger partial charge in [-0.05, 0) is 97.9 Å². The van der Waals surface area contributed by atoms with Crippen molar-refractivity contribution in [2.45, 2.75) is 13.5 Å². The number of amides is 1. The summed E-state index contributed by atoms with van der Waals surface area (Å²) in [6, 6.07) is 18.0. The lowest BCUT2D eigenvalue weighted by Crippen LogP contribution is -2.13. The first-order valence-corrected chi connectivity index (χ1v) is 11.7. The zero-order valence-corrected chi connectivity index (χ0v) is 21.4. The molecule has 0 atom stereocenters. The molecule has 0 aromatic heterocycles. The van der Waals surface area contributed by atoms with Crippen LogP contribution in [0.3, 0.4) is 0 Å². The van der Waals surface area contributed by atoms with Crippen LogP contribution in [0.2, 0.25) is 10.0 Å². The van der Waals surface area contributed by atoms with Crippen LogP contribution in [0.15, 0.2) is 69.1 Å². The molecule has 0 unspecified atom stereocenters. The van der Waals surface area contributed by atoms with E-state index in [0.717, 1.165) is 11.1 Å². The first-order valence-electron chi connectivity index (χ1n) is 9.32. The summed E-state index contributed by atoms with van der Waals surface area (Å²) >= 11 is 19.0. The van der Waals surface area contributed by atoms with Gasteiger partial charge >= 0.3 is 0 Å². The lowest BCUT2D eigenvalue weighted by atomic mass is 10.1. The number of halogens is 4. The molecule has 32 heavy (non-hydrogen) atoms. The second-order valence-corrected chi connectivity index (χ2v) is 9.37. The molecule has 1 N–H and O–H groups in total. The van der Waals surface area contributed by atoms with Gasteiger partial charge < -0.3 is 10.1 Å². The van der Waals surface area contributed by atoms with E-state index in [1.165, 1.54) is 6.08 Å². The van der Waals surface area contributed by atoms with E-state index < -0.39 is 5.91 Å². The molecule has 3 aromatic carbocycles. The molecule has 0 spiro atoms. The maximum Gasteiger partial charge on any atom is 0.266 e. The van der Waals surface area contributed by atoms with Crippen molar-refractivity contribution in [3.63, 3.8) is 0 Å². The summed E-state index contributed by atoms with van der Waals surface area (Å²) in [7, 11) is 0. The molecular formula is C24H16Br2Cl2N2O2. The van der Waals surface area contributed by atoms with Gasteiger partial charge in [-0.2, -0.15) is 5.26 Å². The Morgan fingerprint density at radius 3 is 2.34 bits per heavy atom. The smallest absolute Gasteiger partial charge is 0.266 e. The predicted molar refractivity (Wildman–Crippen MR) is 136 cm³/mol. The first kappa shape index (κ1) is 24.3. The molecule has 4 nitrogen and oxygen atoms in total. The monoisotopic (exact) mass is 592 g/mol. The Morgan fingerprint density at radius 2 is 1.75 bits per heavy atom. The number of nitriles is 1. The van der Waals surface area contributed by atoms with Crippen molar-refractivity contribution in [1.82, 2.24) is 0 Å². The Hall–Kier alpha value is -2.30. The number of benzene rings is 3. The van der Waals surface area contributed by atoms with Gasteiger partial charge in [-0.1, -0.05) is 41.4 Å². The Morgan fingerprint density at radius 1 is 1.09 bits per heavy atom. The molecule has 3 rings (SSSR count). The molecule has 0 bridgehead atoms. The highest BCUT2D eigenvalue weighted by molar-refractivity contribution is 9.11. The van der Waals surface area contributed by atoms with Gasteiger partial charge in [0.05, 0.1) is 8.95 Å². The van der Waals surface area contributed by atoms with Crippen LogP contribution in [0, 0.1) is 18.3 Å². The van der Waals surface area contributed by atoms with Crippen molar-refractivity contribution in [2.24, 2.45) is 0 Å². The Bertz CT molecular complexity index is 1210. The number of aryl methyl sites for hydroxylation is 1. The van der Waals surface area contributed by atoms with Crippen molar-refractivity contribution in [1.29, 1.82) is 5.26 Å². The fourth-order valence-corrected chi connectivity index (χ4v) is 4.48. The van der Waals surface area contributed by atoms with Gasteiger partial charge in [0.1, 0.15) is 24.0 Å². The van der Waals surface area contributed by atoms with Crippen LogP contribution in [0.1, 0.15) is 16.7 Å². The SMILES string of the molecule is Cc1ccc(NC(=O)/C(C#N)=C\c2cc(Br)c(OCc3ccc(Cl)cc3)c(Br)c2)cc1Cl. The van der Waals surface area contributed by atoms with Crippen molar-refractivity contribution >= 4 is 72.7 Å². The molecule has 0 aliphatic heterocycles. The molecule has 0 saturated carbocycles. The van der Waals surface area contributed by atoms with Gasteiger partial charge in [-0.15, -0.1) is 0 Å². The van der Waals surface area contributed by atoms with Gasteiger partial charge in [0.25, 0.3) is 5.91 Å². The molecule has 0 aliphatic carbocycles. The third-order valence-corrected chi connectivity index (χ3v) is 6.26. The third-order valence-electron chi connectivity index (χ3n) is 4.42. The van der Waals surface area contributed by atoms with Crippen molar-refractivity contribution in [2.75, 3.05) is 5.32 Å². The van der Waals surface area contributed by atoms with E-state index in [9.17, 15) is 10.1 Å². The lowest BCUT2D eigenvalue weighted by Gasteiger charge is -2.12. The second kappa shape index (κ2) is 11.0. The Balaban J connectivity index is 1.77. The van der Waals surface area contributed by atoms with Crippen LogP contribution in [0.4, 0.5) is 5.69 Å². The summed E-state index contributed by atoms with van der Waals surface area (Å²) in [4.78, 5) is 12.6. The summed E-state index contributed by atoms with van der Waals surface area (Å²) in [5, 5.41) is 13.4. The number of hydrogen-bond acceptors (Lipinski definition) is 3. The number of hydrogen-bond donors (Lipinski definition) is 1. The summed E-state index contributed by atoms with van der Waals surface area (Å²) in [5.74, 6) is 0.0806. The fourth-order valence-electron chi connectivity index (χ4n) is 2.72. The highest BCUT2D eigenvalue weighted by Gasteiger charge is 2.13. The van der Waals surface area contributed by atoms with Crippen molar-refractivity contribution < 1.29 is 9.53 Å². The largest absolute Gasteiger partial charge is 0.487 e. The van der Waals surface area contributed by atoms with Crippen molar-refractivity contribution in [3.8, 4) is 11.8 Å². The fraction of sp³-hybridized carbons (Fsp3) is 0.0833. The highest BCUT2D eigenvalue weighted by Crippen LogP contribution is 2.36. The molecular weight excluding hydrogens is 579 g/mol. The number of nitrogens with one attached hydrogen (secondary N) is 1. The number of carbonyl (C=O) groups excluding carboxylic acids is 1. The van der Waals surface area contributed by atoms with Crippen LogP contribution in [0.25, 0.3) is 6.08 Å². The summed E-state index contributed by atoms with van der Waals surface area (Å²) in [6.07, 6.45) is 1.50. The maximum absolute atomic E-state index is 12.6. The summed E-state index contributed by atoms with van der Waals surface area (Å²) in [5.41, 5.74) is 2.98. The molecule has 0 saturated heterocycles. The van der Waals surface area contributed by atoms with Gasteiger partial charge in [-0.25, -0.2) is 0 Å². The van der Waals surface area contributed by atoms with E-state index in [-0.39, 0.29) is 5.57 Å². The van der Waals surface area contributed by atoms with Gasteiger partial charge in [0.15, 0.2) is 0 Å². The summed E-state index contributed by atoms with van der Waals surface area (Å²) in [6.45, 7) is 2.22. The quantitative estimate of drug-likeness (QED) is 0.233. The molecule has 0 aliphatic rings. The van der Waals surface area contributed by atoms with Crippen LogP contribution in [-0.4, -0.2) is 5.91 Å². The predicted octanol–water partition coefficient (Wildman–Crippen LogP) is 7.95. The van der Waals surface area contributed by atoms with Crippen molar-refractivity contribution in [3.05, 3.63) is 95.9 Å². The number of anilines is 1. The van der Waals surface area contributed by atoms with Gasteiger partial charge in [0.2, 0.25) is 0 Å². The average Bonchev–Trinajstić information content (AvgIpc) is 2.75. The van der Waals surface area contributed by atoms with E-state index in [2.05, 4.69) is 37.2 Å². The molecule has 0 heterocycles. The van der Waals surface area contributed by atoms with E-state index in [1.807, 2.05) is 25.1 Å². The number of nitrogens with zero attached hydrogens (tertiary/aromatic N) is 1. The standard InChI is InChI=1S/C24H16Br2Cl2N2O2/c1-14-2-7-19(11-22(14)28)30-24(31)17(12-29)8-16-9-20(25)23(21(26)10-16)32-13-15-3-5-18(27)6-4-15/h2-11H,13H2,1H3,(H,30,31)/b17-8-. The lowest BCUT2D eigenvalue weighted by molar-refractivity contribution is -0.112. The Kier molecular flexibility index (Phi) is 8.38. The second-order valence-electron chi connectivity index (χ2n) is 6.82. The summed E-state index contributed by atoms with van der Waals surface area (Å²) < 4.78 is 7.26. The van der Waals surface area contributed by atoms with E-state index >= 15 is 0 Å². The van der Waals surface area contributed by atoms with Crippen LogP contribution >= 0.6 is 55.1 Å². The molecule has 3 aromatic rings. The molecule has 0 radical (unpaired) electrons. The molecule has 0 fully saturated rings. The topological polar surface area (TPSA) is 62.1 Å². The van der Waals surface area contributed by atoms with Crippen LogP contribution < -0.4 is 10.1 Å².